The average molecular weight is 344 g/mol. The highest BCUT2D eigenvalue weighted by molar-refractivity contribution is 7.87. The molecule has 1 aliphatic rings. The van der Waals surface area contributed by atoms with Crippen molar-refractivity contribution in [2.45, 2.75) is 26.1 Å². The monoisotopic (exact) mass is 344 g/mol. The van der Waals surface area contributed by atoms with Crippen LogP contribution in [0.2, 0.25) is 0 Å². The number of methoxy groups -OCH3 is 1. The highest BCUT2D eigenvalue weighted by atomic mass is 32.2. The Morgan fingerprint density at radius 3 is 2.57 bits per heavy atom. The molecule has 0 unspecified atom stereocenters. The van der Waals surface area contributed by atoms with Crippen LogP contribution in [0.15, 0.2) is 24.3 Å². The van der Waals surface area contributed by atoms with Crippen molar-refractivity contribution in [1.29, 1.82) is 0 Å². The minimum Gasteiger partial charge on any atom is -0.497 e. The van der Waals surface area contributed by atoms with Gasteiger partial charge < -0.3 is 14.2 Å². The second-order valence-electron chi connectivity index (χ2n) is 5.50. The minimum atomic E-state index is -3.52. The minimum absolute atomic E-state index is 0.108. The van der Waals surface area contributed by atoms with Crippen molar-refractivity contribution in [1.82, 2.24) is 9.03 Å². The van der Waals surface area contributed by atoms with Gasteiger partial charge in [-0.1, -0.05) is 6.07 Å². The molecular formula is C15H24N2O5S. The third kappa shape index (κ3) is 5.35. The molecule has 0 aromatic heterocycles. The fourth-order valence-corrected chi connectivity index (χ4v) is 3.78. The van der Waals surface area contributed by atoms with E-state index in [2.05, 4.69) is 4.72 Å². The van der Waals surface area contributed by atoms with Crippen LogP contribution in [0.3, 0.4) is 0 Å². The number of rotatable bonds is 7. The summed E-state index contributed by atoms with van der Waals surface area (Å²) in [7, 11) is -1.94. The van der Waals surface area contributed by atoms with Gasteiger partial charge in [-0.15, -0.1) is 0 Å². The van der Waals surface area contributed by atoms with Gasteiger partial charge in [0.2, 0.25) is 0 Å². The largest absolute Gasteiger partial charge is 0.497 e. The molecule has 0 amide bonds. The molecule has 2 atom stereocenters. The first-order valence-electron chi connectivity index (χ1n) is 7.58. The van der Waals surface area contributed by atoms with Crippen LogP contribution in [0.25, 0.3) is 0 Å². The Balaban J connectivity index is 1.80. The zero-order chi connectivity index (χ0) is 16.9. The molecule has 1 aliphatic heterocycles. The fourth-order valence-electron chi connectivity index (χ4n) is 2.45. The van der Waals surface area contributed by atoms with Crippen LogP contribution in [0, 0.1) is 0 Å². The van der Waals surface area contributed by atoms with E-state index in [0.29, 0.717) is 24.6 Å². The van der Waals surface area contributed by atoms with Crippen molar-refractivity contribution < 1.29 is 22.6 Å². The Labute approximate surface area is 137 Å². The lowest BCUT2D eigenvalue weighted by Gasteiger charge is -2.34. The van der Waals surface area contributed by atoms with Crippen LogP contribution in [0.4, 0.5) is 0 Å². The first-order valence-corrected chi connectivity index (χ1v) is 9.02. The van der Waals surface area contributed by atoms with E-state index in [1.165, 1.54) is 4.31 Å². The normalized spacial score (nSPS) is 22.7. The van der Waals surface area contributed by atoms with Crippen molar-refractivity contribution in [3.8, 4) is 11.5 Å². The molecule has 0 aliphatic carbocycles. The molecule has 2 rings (SSSR count). The third-order valence-electron chi connectivity index (χ3n) is 3.42. The Bertz CT molecular complexity index is 598. The summed E-state index contributed by atoms with van der Waals surface area (Å²) in [5.74, 6) is 1.33. The molecule has 1 saturated heterocycles. The summed E-state index contributed by atoms with van der Waals surface area (Å²) in [5.41, 5.74) is 0. The lowest BCUT2D eigenvalue weighted by atomic mass is 10.3. The van der Waals surface area contributed by atoms with Crippen LogP contribution in [0.5, 0.6) is 11.5 Å². The molecule has 1 heterocycles. The smallest absolute Gasteiger partial charge is 0.279 e. The van der Waals surface area contributed by atoms with E-state index >= 15 is 0 Å². The lowest BCUT2D eigenvalue weighted by Crippen LogP contribution is -2.52. The summed E-state index contributed by atoms with van der Waals surface area (Å²) >= 11 is 0. The van der Waals surface area contributed by atoms with Crippen LogP contribution < -0.4 is 14.2 Å². The number of morpholine rings is 1. The summed E-state index contributed by atoms with van der Waals surface area (Å²) in [5, 5.41) is 0. The maximum absolute atomic E-state index is 12.3. The molecule has 130 valence electrons. The highest BCUT2D eigenvalue weighted by Crippen LogP contribution is 2.18. The quantitative estimate of drug-likeness (QED) is 0.747. The van der Waals surface area contributed by atoms with E-state index < -0.39 is 10.2 Å². The van der Waals surface area contributed by atoms with Crippen LogP contribution in [0.1, 0.15) is 13.8 Å². The lowest BCUT2D eigenvalue weighted by molar-refractivity contribution is -0.0444. The third-order valence-corrected chi connectivity index (χ3v) is 4.97. The van der Waals surface area contributed by atoms with Crippen molar-refractivity contribution in [2.24, 2.45) is 0 Å². The molecule has 1 aromatic carbocycles. The van der Waals surface area contributed by atoms with Crippen LogP contribution >= 0.6 is 0 Å². The summed E-state index contributed by atoms with van der Waals surface area (Å²) < 4.78 is 44.7. The van der Waals surface area contributed by atoms with Crippen molar-refractivity contribution in [3.63, 3.8) is 0 Å². The van der Waals surface area contributed by atoms with Gasteiger partial charge in [-0.25, -0.2) is 0 Å². The number of benzene rings is 1. The van der Waals surface area contributed by atoms with Gasteiger partial charge in [-0.05, 0) is 26.0 Å². The highest BCUT2D eigenvalue weighted by Gasteiger charge is 2.30. The van der Waals surface area contributed by atoms with E-state index in [9.17, 15) is 8.42 Å². The second kappa shape index (κ2) is 7.96. The fraction of sp³-hybridized carbons (Fsp3) is 0.600. The van der Waals surface area contributed by atoms with Crippen LogP contribution in [-0.2, 0) is 14.9 Å². The first-order chi connectivity index (χ1) is 10.9. The summed E-state index contributed by atoms with van der Waals surface area (Å²) in [6.45, 7) is 4.88. The van der Waals surface area contributed by atoms with Gasteiger partial charge in [0.15, 0.2) is 0 Å². The summed E-state index contributed by atoms with van der Waals surface area (Å²) in [6, 6.07) is 7.17. The zero-order valence-corrected chi connectivity index (χ0v) is 14.5. The van der Waals surface area contributed by atoms with E-state index in [-0.39, 0.29) is 25.4 Å². The van der Waals surface area contributed by atoms with Gasteiger partial charge in [-0.2, -0.15) is 17.4 Å². The number of ether oxygens (including phenoxy) is 3. The van der Waals surface area contributed by atoms with Gasteiger partial charge in [0, 0.05) is 25.7 Å². The predicted molar refractivity (Wildman–Crippen MR) is 87.0 cm³/mol. The van der Waals surface area contributed by atoms with E-state index in [1.54, 1.807) is 19.2 Å². The molecule has 0 radical (unpaired) electrons. The van der Waals surface area contributed by atoms with Crippen molar-refractivity contribution in [2.75, 3.05) is 33.4 Å². The van der Waals surface area contributed by atoms with Gasteiger partial charge in [0.05, 0.1) is 19.3 Å². The van der Waals surface area contributed by atoms with E-state index in [0.717, 1.165) is 0 Å². The second-order valence-corrected chi connectivity index (χ2v) is 7.26. The topological polar surface area (TPSA) is 77.1 Å². The summed E-state index contributed by atoms with van der Waals surface area (Å²) in [6.07, 6.45) is -0.216. The van der Waals surface area contributed by atoms with Gasteiger partial charge >= 0.3 is 0 Å². The molecule has 0 spiro atoms. The van der Waals surface area contributed by atoms with Gasteiger partial charge in [-0.3, -0.25) is 0 Å². The number of nitrogens with zero attached hydrogens (tertiary/aromatic N) is 1. The molecule has 1 aromatic rings. The summed E-state index contributed by atoms with van der Waals surface area (Å²) in [4.78, 5) is 0. The Kier molecular flexibility index (Phi) is 6.23. The number of hydrogen-bond donors (Lipinski definition) is 1. The van der Waals surface area contributed by atoms with Crippen molar-refractivity contribution in [3.05, 3.63) is 24.3 Å². The van der Waals surface area contributed by atoms with Gasteiger partial charge in [0.1, 0.15) is 18.1 Å². The molecule has 0 saturated carbocycles. The first kappa shape index (κ1) is 18.0. The molecule has 1 N–H and O–H groups in total. The maximum atomic E-state index is 12.3. The molecule has 7 nitrogen and oxygen atoms in total. The van der Waals surface area contributed by atoms with Gasteiger partial charge in [0.25, 0.3) is 10.2 Å². The average Bonchev–Trinajstić information content (AvgIpc) is 2.51. The van der Waals surface area contributed by atoms with Crippen LogP contribution in [-0.4, -0.2) is 58.3 Å². The molecule has 23 heavy (non-hydrogen) atoms. The van der Waals surface area contributed by atoms with E-state index in [1.807, 2.05) is 26.0 Å². The predicted octanol–water partition coefficient (Wildman–Crippen LogP) is 1.02. The number of nitrogens with one attached hydrogen (secondary N) is 1. The molecular weight excluding hydrogens is 320 g/mol. The molecule has 0 bridgehead atoms. The van der Waals surface area contributed by atoms with Crippen molar-refractivity contribution >= 4 is 10.2 Å². The Morgan fingerprint density at radius 1 is 1.26 bits per heavy atom. The zero-order valence-electron chi connectivity index (χ0n) is 13.7. The van der Waals surface area contributed by atoms with E-state index in [4.69, 9.17) is 14.2 Å². The molecule has 8 heteroatoms. The standard InChI is InChI=1S/C15H24N2O5S/c1-12-10-17(11-13(2)22-12)23(18,19)16-7-8-21-15-6-4-5-14(9-15)20-3/h4-6,9,12-13,16H,7-8,10-11H2,1-3H3/t12-,13+. The Hall–Kier alpha value is -1.35. The SMILES string of the molecule is COc1cccc(OCCNS(=O)(=O)N2C[C@@H](C)O[C@@H](C)C2)c1. The number of hydrogen-bond acceptors (Lipinski definition) is 5. The molecule has 1 fully saturated rings. The Morgan fingerprint density at radius 2 is 1.91 bits per heavy atom. The maximum Gasteiger partial charge on any atom is 0.279 e.